The number of hydrogen-bond acceptors (Lipinski definition) is 4. The van der Waals surface area contributed by atoms with E-state index in [9.17, 15) is 18.4 Å². The van der Waals surface area contributed by atoms with E-state index in [2.05, 4.69) is 15.9 Å². The molecule has 1 aromatic rings. The first-order valence-electron chi connectivity index (χ1n) is 6.10. The molecular weight excluding hydrogens is 350 g/mol. The molecule has 0 saturated heterocycles. The van der Waals surface area contributed by atoms with Gasteiger partial charge in [-0.1, -0.05) is 0 Å². The average molecular weight is 363 g/mol. The zero-order valence-corrected chi connectivity index (χ0v) is 13.0. The SMILES string of the molecule is CCO/C=C(\C(=O)OCC)C(=O)c1cc(F)c(F)cc1Br. The molecule has 114 valence electrons. The molecule has 0 unspecified atom stereocenters. The van der Waals surface area contributed by atoms with E-state index in [0.717, 1.165) is 12.3 Å². The van der Waals surface area contributed by atoms with Gasteiger partial charge in [0.05, 0.1) is 13.2 Å². The van der Waals surface area contributed by atoms with E-state index >= 15 is 0 Å². The molecule has 0 aliphatic heterocycles. The van der Waals surface area contributed by atoms with Crippen LogP contribution in [0.25, 0.3) is 0 Å². The largest absolute Gasteiger partial charge is 0.500 e. The number of ether oxygens (including phenoxy) is 2. The summed E-state index contributed by atoms with van der Waals surface area (Å²) in [6, 6.07) is 1.52. The molecule has 21 heavy (non-hydrogen) atoms. The van der Waals surface area contributed by atoms with E-state index in [1.165, 1.54) is 0 Å². The van der Waals surface area contributed by atoms with Gasteiger partial charge in [-0.25, -0.2) is 13.6 Å². The van der Waals surface area contributed by atoms with Crippen LogP contribution in [-0.2, 0) is 14.3 Å². The first kappa shape index (κ1) is 17.3. The van der Waals surface area contributed by atoms with Crippen molar-refractivity contribution >= 4 is 27.7 Å². The molecule has 0 bridgehead atoms. The lowest BCUT2D eigenvalue weighted by molar-refractivity contribution is -0.138. The molecule has 4 nitrogen and oxygen atoms in total. The van der Waals surface area contributed by atoms with Crippen molar-refractivity contribution in [1.82, 2.24) is 0 Å². The van der Waals surface area contributed by atoms with Crippen LogP contribution in [0.5, 0.6) is 0 Å². The molecule has 0 radical (unpaired) electrons. The average Bonchev–Trinajstić information content (AvgIpc) is 2.43. The Morgan fingerprint density at radius 2 is 1.81 bits per heavy atom. The van der Waals surface area contributed by atoms with Gasteiger partial charge in [0, 0.05) is 10.0 Å². The Hall–Kier alpha value is -1.76. The predicted octanol–water partition coefficient (Wildman–Crippen LogP) is 3.39. The number of halogens is 3. The van der Waals surface area contributed by atoms with Crippen molar-refractivity contribution in [3.8, 4) is 0 Å². The van der Waals surface area contributed by atoms with E-state index in [1.54, 1.807) is 13.8 Å². The van der Waals surface area contributed by atoms with Gasteiger partial charge in [0.25, 0.3) is 0 Å². The van der Waals surface area contributed by atoms with Crippen LogP contribution in [0, 0.1) is 11.6 Å². The normalized spacial score (nSPS) is 11.2. The van der Waals surface area contributed by atoms with Crippen molar-refractivity contribution in [1.29, 1.82) is 0 Å². The second kappa shape index (κ2) is 7.87. The molecule has 0 heterocycles. The summed E-state index contributed by atoms with van der Waals surface area (Å²) < 4.78 is 36.0. The topological polar surface area (TPSA) is 52.6 Å². The first-order valence-corrected chi connectivity index (χ1v) is 6.89. The number of ketones is 1. The van der Waals surface area contributed by atoms with Crippen LogP contribution >= 0.6 is 15.9 Å². The van der Waals surface area contributed by atoms with E-state index in [1.807, 2.05) is 0 Å². The van der Waals surface area contributed by atoms with Crippen LogP contribution in [0.3, 0.4) is 0 Å². The van der Waals surface area contributed by atoms with Gasteiger partial charge < -0.3 is 9.47 Å². The number of carbonyl (C=O) groups excluding carboxylic acids is 2. The van der Waals surface area contributed by atoms with Crippen molar-refractivity contribution in [2.24, 2.45) is 0 Å². The number of benzene rings is 1. The summed E-state index contributed by atoms with van der Waals surface area (Å²) in [7, 11) is 0. The van der Waals surface area contributed by atoms with Crippen molar-refractivity contribution in [3.63, 3.8) is 0 Å². The highest BCUT2D eigenvalue weighted by Crippen LogP contribution is 2.23. The third kappa shape index (κ3) is 4.35. The lowest BCUT2D eigenvalue weighted by atomic mass is 10.0. The Balaban J connectivity index is 3.23. The summed E-state index contributed by atoms with van der Waals surface area (Å²) in [5.74, 6) is -4.02. The number of esters is 1. The molecule has 0 N–H and O–H groups in total. The molecular formula is C14H13BrF2O4. The van der Waals surface area contributed by atoms with Crippen molar-refractivity contribution in [2.75, 3.05) is 13.2 Å². The van der Waals surface area contributed by atoms with Gasteiger partial charge >= 0.3 is 5.97 Å². The van der Waals surface area contributed by atoms with Crippen molar-refractivity contribution in [2.45, 2.75) is 13.8 Å². The number of Topliss-reactive ketones (excluding diaryl/α,β-unsaturated/α-hetero) is 1. The highest BCUT2D eigenvalue weighted by atomic mass is 79.9. The molecule has 7 heteroatoms. The van der Waals surface area contributed by atoms with Gasteiger partial charge in [-0.05, 0) is 41.9 Å². The van der Waals surface area contributed by atoms with Gasteiger partial charge in [-0.3, -0.25) is 4.79 Å². The highest BCUT2D eigenvalue weighted by Gasteiger charge is 2.25. The van der Waals surface area contributed by atoms with E-state index < -0.39 is 29.0 Å². The summed E-state index contributed by atoms with van der Waals surface area (Å²) in [6.07, 6.45) is 0.952. The highest BCUT2D eigenvalue weighted by molar-refractivity contribution is 9.10. The van der Waals surface area contributed by atoms with Crippen LogP contribution in [0.4, 0.5) is 8.78 Å². The van der Waals surface area contributed by atoms with Crippen molar-refractivity contribution < 1.29 is 27.8 Å². The molecule has 0 aliphatic carbocycles. The molecule has 0 spiro atoms. The van der Waals surface area contributed by atoms with E-state index in [-0.39, 0.29) is 23.2 Å². The summed E-state index contributed by atoms with van der Waals surface area (Å²) in [6.45, 7) is 3.54. The van der Waals surface area contributed by atoms with E-state index in [0.29, 0.717) is 6.07 Å². The van der Waals surface area contributed by atoms with E-state index in [4.69, 9.17) is 9.47 Å². The lowest BCUT2D eigenvalue weighted by Crippen LogP contribution is -2.17. The van der Waals surface area contributed by atoms with Gasteiger partial charge in [-0.2, -0.15) is 0 Å². The molecule has 0 aliphatic rings. The Bertz CT molecular complexity index is 585. The minimum Gasteiger partial charge on any atom is -0.500 e. The standard InChI is InChI=1S/C14H13BrF2O4/c1-3-20-7-9(14(19)21-4-2)13(18)8-5-11(16)12(17)6-10(8)15/h5-7H,3-4H2,1-2H3/b9-7-. The first-order chi connectivity index (χ1) is 9.92. The number of hydrogen-bond donors (Lipinski definition) is 0. The lowest BCUT2D eigenvalue weighted by Gasteiger charge is -2.08. The quantitative estimate of drug-likeness (QED) is 0.148. The summed E-state index contributed by atoms with van der Waals surface area (Å²) in [4.78, 5) is 24.0. The van der Waals surface area contributed by atoms with Crippen LogP contribution in [0.15, 0.2) is 28.4 Å². The third-order valence-corrected chi connectivity index (χ3v) is 3.02. The summed E-state index contributed by atoms with van der Waals surface area (Å²) in [5.41, 5.74) is -0.599. The Morgan fingerprint density at radius 1 is 1.19 bits per heavy atom. The minimum absolute atomic E-state index is 0.0260. The molecule has 0 saturated carbocycles. The fourth-order valence-electron chi connectivity index (χ4n) is 1.41. The fraction of sp³-hybridized carbons (Fsp3) is 0.286. The van der Waals surface area contributed by atoms with Gasteiger partial charge in [0.2, 0.25) is 5.78 Å². The smallest absolute Gasteiger partial charge is 0.345 e. The van der Waals surface area contributed by atoms with Crippen LogP contribution in [0.2, 0.25) is 0 Å². The second-order valence-corrected chi connectivity index (χ2v) is 4.64. The maximum atomic E-state index is 13.3. The molecule has 0 atom stereocenters. The van der Waals surface area contributed by atoms with Crippen molar-refractivity contribution in [3.05, 3.63) is 45.6 Å². The van der Waals surface area contributed by atoms with Gasteiger partial charge in [-0.15, -0.1) is 0 Å². The van der Waals surface area contributed by atoms with Gasteiger partial charge in [0.15, 0.2) is 11.6 Å². The molecule has 0 amide bonds. The number of carbonyl (C=O) groups is 2. The Labute approximate surface area is 128 Å². The third-order valence-electron chi connectivity index (χ3n) is 2.36. The second-order valence-electron chi connectivity index (χ2n) is 3.78. The number of rotatable bonds is 6. The summed E-state index contributed by atoms with van der Waals surface area (Å²) in [5, 5.41) is 0. The van der Waals surface area contributed by atoms with Crippen LogP contribution in [-0.4, -0.2) is 25.0 Å². The zero-order valence-electron chi connectivity index (χ0n) is 11.4. The molecule has 1 aromatic carbocycles. The fourth-order valence-corrected chi connectivity index (χ4v) is 1.91. The van der Waals surface area contributed by atoms with Crippen LogP contribution < -0.4 is 0 Å². The Morgan fingerprint density at radius 3 is 2.38 bits per heavy atom. The molecule has 0 aromatic heterocycles. The maximum absolute atomic E-state index is 13.3. The van der Waals surface area contributed by atoms with Gasteiger partial charge in [0.1, 0.15) is 11.8 Å². The monoisotopic (exact) mass is 362 g/mol. The summed E-state index contributed by atoms with van der Waals surface area (Å²) >= 11 is 2.96. The zero-order chi connectivity index (χ0) is 16.0. The molecule has 0 fully saturated rings. The Kier molecular flexibility index (Phi) is 6.48. The maximum Gasteiger partial charge on any atom is 0.345 e. The predicted molar refractivity (Wildman–Crippen MR) is 74.7 cm³/mol. The minimum atomic E-state index is -1.19. The van der Waals surface area contributed by atoms with Crippen LogP contribution in [0.1, 0.15) is 24.2 Å². The molecule has 1 rings (SSSR count).